The fourth-order valence-corrected chi connectivity index (χ4v) is 4.59. The van der Waals surface area contributed by atoms with Crippen molar-refractivity contribution >= 4 is 58.0 Å². The molecule has 1 amide bonds. The number of hydrogen-bond donors (Lipinski definition) is 1. The van der Waals surface area contributed by atoms with Crippen LogP contribution in [0.3, 0.4) is 0 Å². The second-order valence-electron chi connectivity index (χ2n) is 6.26. The molecule has 1 heterocycles. The third kappa shape index (κ3) is 5.96. The Balaban J connectivity index is 1.74. The Morgan fingerprint density at radius 2 is 2.06 bits per heavy atom. The Morgan fingerprint density at radius 1 is 1.28 bits per heavy atom. The first-order valence-electron chi connectivity index (χ1n) is 8.95. The van der Waals surface area contributed by atoms with E-state index in [0.29, 0.717) is 25.7 Å². The monoisotopic (exact) mass is 493 g/mol. The number of methoxy groups -OCH3 is 1. The lowest BCUT2D eigenvalue weighted by atomic mass is 10.2. The van der Waals surface area contributed by atoms with Gasteiger partial charge in [-0.2, -0.15) is 0 Å². The van der Waals surface area contributed by atoms with E-state index < -0.39 is 23.4 Å². The molecule has 9 nitrogen and oxygen atoms in total. The number of amides is 1. The standard InChI is InChI=1S/C20H16ClN3O6S2/c1-11-10-31-20(22-11)32-17-6-4-13(24(27)28)8-14(17)19(26)30-9-18(25)23-15-7-12(21)3-5-16(15)29-2/h3-8,10H,9H2,1-2H3,(H,23,25). The van der Waals surface area contributed by atoms with E-state index in [2.05, 4.69) is 10.3 Å². The van der Waals surface area contributed by atoms with Gasteiger partial charge in [0.05, 0.1) is 23.3 Å². The number of anilines is 1. The molecule has 0 saturated heterocycles. The minimum atomic E-state index is -0.877. The van der Waals surface area contributed by atoms with Gasteiger partial charge in [-0.1, -0.05) is 23.4 Å². The van der Waals surface area contributed by atoms with Crippen molar-refractivity contribution in [3.8, 4) is 5.75 Å². The number of hydrogen-bond acceptors (Lipinski definition) is 9. The highest BCUT2D eigenvalue weighted by atomic mass is 35.5. The first-order valence-corrected chi connectivity index (χ1v) is 11.0. The van der Waals surface area contributed by atoms with Crippen LogP contribution in [0.15, 0.2) is 51.0 Å². The molecule has 32 heavy (non-hydrogen) atoms. The van der Waals surface area contributed by atoms with E-state index in [0.717, 1.165) is 11.8 Å². The van der Waals surface area contributed by atoms with Gasteiger partial charge < -0.3 is 14.8 Å². The molecule has 0 aliphatic rings. The predicted octanol–water partition coefficient (Wildman–Crippen LogP) is 4.97. The molecular formula is C20H16ClN3O6S2. The SMILES string of the molecule is COc1ccc(Cl)cc1NC(=O)COC(=O)c1cc([N+](=O)[O-])ccc1Sc1nc(C)cs1. The van der Waals surface area contributed by atoms with Gasteiger partial charge in [-0.15, -0.1) is 11.3 Å². The summed E-state index contributed by atoms with van der Waals surface area (Å²) < 4.78 is 10.9. The number of non-ortho nitro benzene ring substituents is 1. The number of rotatable bonds is 8. The van der Waals surface area contributed by atoms with E-state index in [4.69, 9.17) is 21.1 Å². The Hall–Kier alpha value is -3.15. The van der Waals surface area contributed by atoms with Crippen LogP contribution in [0.5, 0.6) is 5.75 Å². The molecule has 166 valence electrons. The summed E-state index contributed by atoms with van der Waals surface area (Å²) >= 11 is 8.49. The Kier molecular flexibility index (Phi) is 7.67. The van der Waals surface area contributed by atoms with Gasteiger partial charge in [-0.3, -0.25) is 14.9 Å². The van der Waals surface area contributed by atoms with Gasteiger partial charge in [0.15, 0.2) is 10.9 Å². The number of carbonyl (C=O) groups excluding carboxylic acids is 2. The molecular weight excluding hydrogens is 478 g/mol. The summed E-state index contributed by atoms with van der Waals surface area (Å²) in [5.74, 6) is -1.13. The zero-order valence-electron chi connectivity index (χ0n) is 16.8. The van der Waals surface area contributed by atoms with Crippen molar-refractivity contribution < 1.29 is 24.0 Å². The maximum Gasteiger partial charge on any atom is 0.340 e. The van der Waals surface area contributed by atoms with Crippen LogP contribution in [-0.4, -0.2) is 35.5 Å². The van der Waals surface area contributed by atoms with Gasteiger partial charge in [0.2, 0.25) is 0 Å². The lowest BCUT2D eigenvalue weighted by Crippen LogP contribution is -2.21. The zero-order valence-corrected chi connectivity index (χ0v) is 19.2. The average molecular weight is 494 g/mol. The highest BCUT2D eigenvalue weighted by Gasteiger charge is 2.21. The van der Waals surface area contributed by atoms with E-state index in [9.17, 15) is 19.7 Å². The van der Waals surface area contributed by atoms with Gasteiger partial charge in [0.1, 0.15) is 5.75 Å². The number of benzene rings is 2. The van der Waals surface area contributed by atoms with Crippen molar-refractivity contribution in [2.24, 2.45) is 0 Å². The lowest BCUT2D eigenvalue weighted by molar-refractivity contribution is -0.384. The molecule has 0 unspecified atom stereocenters. The first-order chi connectivity index (χ1) is 15.3. The normalized spacial score (nSPS) is 10.5. The summed E-state index contributed by atoms with van der Waals surface area (Å²) in [5, 5.41) is 15.9. The van der Waals surface area contributed by atoms with E-state index >= 15 is 0 Å². The molecule has 0 bridgehead atoms. The van der Waals surface area contributed by atoms with Crippen LogP contribution in [0.4, 0.5) is 11.4 Å². The molecule has 0 fully saturated rings. The third-order valence-corrected chi connectivity index (χ3v) is 6.33. The van der Waals surface area contributed by atoms with E-state index in [-0.39, 0.29) is 11.3 Å². The molecule has 0 aliphatic heterocycles. The maximum absolute atomic E-state index is 12.7. The van der Waals surface area contributed by atoms with E-state index in [1.54, 1.807) is 12.1 Å². The minimum Gasteiger partial charge on any atom is -0.495 e. The number of ether oxygens (including phenoxy) is 2. The first kappa shape index (κ1) is 23.5. The van der Waals surface area contributed by atoms with Crippen LogP contribution in [0.1, 0.15) is 16.1 Å². The number of thiazole rings is 1. The van der Waals surface area contributed by atoms with Crippen molar-refractivity contribution in [3.63, 3.8) is 0 Å². The number of carbonyl (C=O) groups is 2. The number of aryl methyl sites for hydroxylation is 1. The number of halogens is 1. The second-order valence-corrected chi connectivity index (χ2v) is 8.85. The molecule has 0 radical (unpaired) electrons. The number of esters is 1. The largest absolute Gasteiger partial charge is 0.495 e. The lowest BCUT2D eigenvalue weighted by Gasteiger charge is -2.11. The van der Waals surface area contributed by atoms with Crippen LogP contribution in [0, 0.1) is 17.0 Å². The molecule has 2 aromatic carbocycles. The summed E-state index contributed by atoms with van der Waals surface area (Å²) in [7, 11) is 1.43. The molecule has 0 atom stereocenters. The van der Waals surface area contributed by atoms with Crippen molar-refractivity contribution in [2.75, 3.05) is 19.0 Å². The van der Waals surface area contributed by atoms with E-state index in [1.807, 2.05) is 12.3 Å². The van der Waals surface area contributed by atoms with Crippen molar-refractivity contribution in [3.05, 3.63) is 68.2 Å². The van der Waals surface area contributed by atoms with Gasteiger partial charge >= 0.3 is 5.97 Å². The summed E-state index contributed by atoms with van der Waals surface area (Å²) in [4.78, 5) is 40.2. The summed E-state index contributed by atoms with van der Waals surface area (Å²) in [6.45, 7) is 1.22. The molecule has 0 aliphatic carbocycles. The Labute approximate surface area is 195 Å². The van der Waals surface area contributed by atoms with Gasteiger partial charge in [-0.05, 0) is 31.2 Å². The van der Waals surface area contributed by atoms with Crippen molar-refractivity contribution in [1.29, 1.82) is 0 Å². The highest BCUT2D eigenvalue weighted by molar-refractivity contribution is 8.01. The second kappa shape index (κ2) is 10.4. The van der Waals surface area contributed by atoms with Crippen LogP contribution >= 0.6 is 34.7 Å². The number of aromatic nitrogens is 1. The molecule has 1 aromatic heterocycles. The van der Waals surface area contributed by atoms with Crippen molar-refractivity contribution in [2.45, 2.75) is 16.2 Å². The predicted molar refractivity (Wildman–Crippen MR) is 121 cm³/mol. The zero-order chi connectivity index (χ0) is 23.3. The number of nitro benzene ring substituents is 1. The summed E-state index contributed by atoms with van der Waals surface area (Å²) in [5.41, 5.74) is 0.818. The topological polar surface area (TPSA) is 121 Å². The van der Waals surface area contributed by atoms with Gasteiger partial charge in [-0.25, -0.2) is 9.78 Å². The summed E-state index contributed by atoms with van der Waals surface area (Å²) in [6, 6.07) is 8.53. The highest BCUT2D eigenvalue weighted by Crippen LogP contribution is 2.34. The van der Waals surface area contributed by atoms with Crippen molar-refractivity contribution in [1.82, 2.24) is 4.98 Å². The number of nitrogens with one attached hydrogen (secondary N) is 1. The number of nitro groups is 1. The van der Waals surface area contributed by atoms with Crippen LogP contribution in [0.2, 0.25) is 5.02 Å². The third-order valence-electron chi connectivity index (χ3n) is 3.96. The molecule has 3 aromatic rings. The Morgan fingerprint density at radius 3 is 2.72 bits per heavy atom. The minimum absolute atomic E-state index is 0.0369. The molecule has 12 heteroatoms. The molecule has 0 spiro atoms. The van der Waals surface area contributed by atoms with Gasteiger partial charge in [0.25, 0.3) is 11.6 Å². The van der Waals surface area contributed by atoms with Gasteiger partial charge in [0, 0.05) is 33.1 Å². The summed E-state index contributed by atoms with van der Waals surface area (Å²) in [6.07, 6.45) is 0. The van der Waals surface area contributed by atoms with E-state index in [1.165, 1.54) is 48.4 Å². The molecule has 3 rings (SSSR count). The smallest absolute Gasteiger partial charge is 0.340 e. The quantitative estimate of drug-likeness (QED) is 0.265. The maximum atomic E-state index is 12.7. The van der Waals surface area contributed by atoms with Crippen LogP contribution in [-0.2, 0) is 9.53 Å². The molecule has 0 saturated carbocycles. The van der Waals surface area contributed by atoms with Crippen LogP contribution < -0.4 is 10.1 Å². The fourth-order valence-electron chi connectivity index (χ4n) is 2.53. The molecule has 1 N–H and O–H groups in total. The van der Waals surface area contributed by atoms with Crippen LogP contribution in [0.25, 0.3) is 0 Å². The Bertz CT molecular complexity index is 1180. The average Bonchev–Trinajstić information content (AvgIpc) is 3.17. The number of nitrogens with zero attached hydrogens (tertiary/aromatic N) is 2. The fraction of sp³-hybridized carbons (Fsp3) is 0.150.